The summed E-state index contributed by atoms with van der Waals surface area (Å²) in [5, 5.41) is 4.15. The molecule has 0 aliphatic carbocycles. The van der Waals surface area contributed by atoms with Crippen molar-refractivity contribution in [3.8, 4) is 0 Å². The van der Waals surface area contributed by atoms with E-state index in [1.807, 2.05) is 0 Å². The number of nitrogens with zero attached hydrogens (tertiary/aromatic N) is 1. The third-order valence-corrected chi connectivity index (χ3v) is 2.84. The molecule has 1 rings (SSSR count). The molecular formula is C11H14N2O5S. The van der Waals surface area contributed by atoms with Crippen molar-refractivity contribution < 1.29 is 23.9 Å². The molecular weight excluding hydrogens is 272 g/mol. The van der Waals surface area contributed by atoms with Crippen molar-refractivity contribution in [2.45, 2.75) is 19.8 Å². The van der Waals surface area contributed by atoms with Crippen LogP contribution in [0.25, 0.3) is 0 Å². The molecule has 19 heavy (non-hydrogen) atoms. The van der Waals surface area contributed by atoms with Crippen LogP contribution in [0.3, 0.4) is 0 Å². The number of nitrogens with one attached hydrogen (secondary N) is 1. The quantitative estimate of drug-likeness (QED) is 0.455. The molecule has 0 aliphatic heterocycles. The summed E-state index contributed by atoms with van der Waals surface area (Å²) in [7, 11) is 0. The van der Waals surface area contributed by atoms with E-state index >= 15 is 0 Å². The van der Waals surface area contributed by atoms with Gasteiger partial charge in [0.1, 0.15) is 0 Å². The van der Waals surface area contributed by atoms with Crippen LogP contribution in [0.2, 0.25) is 0 Å². The van der Waals surface area contributed by atoms with Crippen LogP contribution in [-0.4, -0.2) is 36.5 Å². The van der Waals surface area contributed by atoms with Crippen LogP contribution < -0.4 is 5.32 Å². The van der Waals surface area contributed by atoms with E-state index in [1.54, 1.807) is 13.8 Å². The Labute approximate surface area is 113 Å². The molecule has 7 nitrogen and oxygen atoms in total. The van der Waals surface area contributed by atoms with Crippen LogP contribution in [0, 0.1) is 0 Å². The molecule has 0 aromatic carbocycles. The van der Waals surface area contributed by atoms with Gasteiger partial charge in [-0.25, -0.2) is 4.98 Å². The van der Waals surface area contributed by atoms with Gasteiger partial charge in [0.2, 0.25) is 6.41 Å². The van der Waals surface area contributed by atoms with E-state index in [-0.39, 0.29) is 18.9 Å². The first-order valence-corrected chi connectivity index (χ1v) is 6.50. The molecule has 0 spiro atoms. The molecule has 0 bridgehead atoms. The molecule has 0 saturated heterocycles. The molecule has 0 saturated carbocycles. The Hall–Kier alpha value is -1.96. The van der Waals surface area contributed by atoms with Gasteiger partial charge in [-0.1, -0.05) is 0 Å². The molecule has 1 aromatic rings. The molecule has 0 radical (unpaired) electrons. The molecule has 0 unspecified atom stereocenters. The highest BCUT2D eigenvalue weighted by molar-refractivity contribution is 7.13. The summed E-state index contributed by atoms with van der Waals surface area (Å²) in [6.07, 6.45) is 0.465. The highest BCUT2D eigenvalue weighted by atomic mass is 32.1. The first-order valence-electron chi connectivity index (χ1n) is 5.62. The monoisotopic (exact) mass is 286 g/mol. The van der Waals surface area contributed by atoms with Crippen molar-refractivity contribution >= 4 is 34.8 Å². The predicted octanol–water partition coefficient (Wildman–Crippen LogP) is 0.921. The zero-order valence-electron chi connectivity index (χ0n) is 10.5. The highest BCUT2D eigenvalue weighted by Crippen LogP contribution is 2.24. The molecule has 0 aliphatic rings. The van der Waals surface area contributed by atoms with Crippen molar-refractivity contribution in [1.82, 2.24) is 4.98 Å². The van der Waals surface area contributed by atoms with E-state index in [0.717, 1.165) is 11.3 Å². The fraction of sp³-hybridized carbons (Fsp3) is 0.455. The zero-order chi connectivity index (χ0) is 14.3. The van der Waals surface area contributed by atoms with Crippen molar-refractivity contribution in [2.75, 3.05) is 18.5 Å². The Balaban J connectivity index is 2.96. The SMILES string of the molecule is CCOC(=O)C(C(=O)OCC)c1csc(NC=O)n1. The van der Waals surface area contributed by atoms with Gasteiger partial charge >= 0.3 is 11.9 Å². The van der Waals surface area contributed by atoms with Gasteiger partial charge in [-0.2, -0.15) is 0 Å². The molecule has 1 N–H and O–H groups in total. The number of thiazole rings is 1. The summed E-state index contributed by atoms with van der Waals surface area (Å²) in [5.74, 6) is -2.66. The van der Waals surface area contributed by atoms with Gasteiger partial charge in [-0.15, -0.1) is 11.3 Å². The first kappa shape index (κ1) is 15.1. The molecule has 104 valence electrons. The Bertz CT molecular complexity index is 442. The predicted molar refractivity (Wildman–Crippen MR) is 67.8 cm³/mol. The van der Waals surface area contributed by atoms with Gasteiger partial charge in [0.25, 0.3) is 0 Å². The molecule has 0 atom stereocenters. The standard InChI is InChI=1S/C11H14N2O5S/c1-3-17-9(15)8(10(16)18-4-2)7-5-19-11(13-7)12-6-14/h5-6,8H,3-4H2,1-2H3,(H,12,13,14). The van der Waals surface area contributed by atoms with Gasteiger partial charge in [-0.3, -0.25) is 14.4 Å². The van der Waals surface area contributed by atoms with Gasteiger partial charge in [0, 0.05) is 5.38 Å². The number of hydrogen-bond acceptors (Lipinski definition) is 7. The average molecular weight is 286 g/mol. The van der Waals surface area contributed by atoms with Gasteiger partial charge in [0.15, 0.2) is 11.0 Å². The fourth-order valence-corrected chi connectivity index (χ4v) is 2.02. The van der Waals surface area contributed by atoms with Crippen molar-refractivity contribution in [1.29, 1.82) is 0 Å². The fourth-order valence-electron chi connectivity index (χ4n) is 1.32. The van der Waals surface area contributed by atoms with Crippen molar-refractivity contribution in [3.05, 3.63) is 11.1 Å². The summed E-state index contributed by atoms with van der Waals surface area (Å²) >= 11 is 1.10. The summed E-state index contributed by atoms with van der Waals surface area (Å²) in [5.41, 5.74) is 0.200. The second kappa shape index (κ2) is 7.47. The third kappa shape index (κ3) is 4.02. The van der Waals surface area contributed by atoms with E-state index in [4.69, 9.17) is 9.47 Å². The topological polar surface area (TPSA) is 94.6 Å². The maximum absolute atomic E-state index is 11.8. The third-order valence-electron chi connectivity index (χ3n) is 2.04. The minimum atomic E-state index is -1.22. The number of anilines is 1. The van der Waals surface area contributed by atoms with Gasteiger partial charge in [0.05, 0.1) is 18.9 Å². The second-order valence-electron chi connectivity index (χ2n) is 3.28. The molecule has 1 amide bonds. The Morgan fingerprint density at radius 2 is 1.95 bits per heavy atom. The van der Waals surface area contributed by atoms with E-state index in [2.05, 4.69) is 10.3 Å². The van der Waals surface area contributed by atoms with Crippen LogP contribution in [0.1, 0.15) is 25.5 Å². The zero-order valence-corrected chi connectivity index (χ0v) is 11.4. The molecule has 8 heteroatoms. The van der Waals surface area contributed by atoms with Crippen LogP contribution in [0.15, 0.2) is 5.38 Å². The number of carbonyl (C=O) groups excluding carboxylic acids is 3. The lowest BCUT2D eigenvalue weighted by atomic mass is 10.1. The van der Waals surface area contributed by atoms with Crippen LogP contribution >= 0.6 is 11.3 Å². The number of esters is 2. The van der Waals surface area contributed by atoms with Crippen LogP contribution in [0.5, 0.6) is 0 Å². The summed E-state index contributed by atoms with van der Waals surface area (Å²) in [4.78, 5) is 37.8. The number of amides is 1. The lowest BCUT2D eigenvalue weighted by Gasteiger charge is -2.12. The maximum atomic E-state index is 11.8. The largest absolute Gasteiger partial charge is 0.465 e. The van der Waals surface area contributed by atoms with Crippen LogP contribution in [0.4, 0.5) is 5.13 Å². The van der Waals surface area contributed by atoms with E-state index in [0.29, 0.717) is 11.5 Å². The van der Waals surface area contributed by atoms with E-state index in [9.17, 15) is 14.4 Å². The number of rotatable bonds is 7. The van der Waals surface area contributed by atoms with Gasteiger partial charge < -0.3 is 14.8 Å². The lowest BCUT2D eigenvalue weighted by molar-refractivity contribution is -0.157. The second-order valence-corrected chi connectivity index (χ2v) is 4.13. The van der Waals surface area contributed by atoms with Crippen molar-refractivity contribution in [3.63, 3.8) is 0 Å². The van der Waals surface area contributed by atoms with E-state index < -0.39 is 17.9 Å². The van der Waals surface area contributed by atoms with Crippen LogP contribution in [-0.2, 0) is 23.9 Å². The summed E-state index contributed by atoms with van der Waals surface area (Å²) < 4.78 is 9.66. The Morgan fingerprint density at radius 3 is 2.42 bits per heavy atom. The van der Waals surface area contributed by atoms with Gasteiger partial charge in [-0.05, 0) is 13.8 Å². The Morgan fingerprint density at radius 1 is 1.37 bits per heavy atom. The first-order chi connectivity index (χ1) is 9.13. The molecule has 1 aromatic heterocycles. The minimum Gasteiger partial charge on any atom is -0.465 e. The molecule has 1 heterocycles. The number of carbonyl (C=O) groups is 3. The Kier molecular flexibility index (Phi) is 5.94. The smallest absolute Gasteiger partial charge is 0.326 e. The number of ether oxygens (including phenoxy) is 2. The molecule has 0 fully saturated rings. The number of hydrogen-bond donors (Lipinski definition) is 1. The highest BCUT2D eigenvalue weighted by Gasteiger charge is 2.33. The normalized spacial score (nSPS) is 10.1. The van der Waals surface area contributed by atoms with E-state index in [1.165, 1.54) is 5.38 Å². The lowest BCUT2D eigenvalue weighted by Crippen LogP contribution is -2.26. The minimum absolute atomic E-state index is 0.151. The average Bonchev–Trinajstić information content (AvgIpc) is 2.79. The summed E-state index contributed by atoms with van der Waals surface area (Å²) in [6.45, 7) is 3.58. The number of aromatic nitrogens is 1. The van der Waals surface area contributed by atoms with Crippen molar-refractivity contribution in [2.24, 2.45) is 0 Å². The maximum Gasteiger partial charge on any atom is 0.326 e. The summed E-state index contributed by atoms with van der Waals surface area (Å²) in [6, 6.07) is 0.